The molecule has 62 heavy (non-hydrogen) atoms. The number of nitrogens with one attached hydrogen (secondary N) is 1. The van der Waals surface area contributed by atoms with Gasteiger partial charge in [0.1, 0.15) is 30.0 Å². The summed E-state index contributed by atoms with van der Waals surface area (Å²) in [5.41, 5.74) is 1.08. The van der Waals surface area contributed by atoms with Gasteiger partial charge in [-0.3, -0.25) is 14.4 Å². The SMILES string of the molecule is CC(=O)O[C@@H]1C2=C(C)[C@@H](OC(=O)[C@H](O)[C@@H](NC(=O)c3ccccc3)c3ccccc3)C[C@@](O)([C@@H](OC(=O)c3ccccc3)[C@@H]3[C@]4(OC(C)=O)CO[C@@H]4C[C@H](N)[C@@]3(C)[C@H]1O)C2(C)C. The molecule has 3 aliphatic carbocycles. The molecule has 1 heterocycles. The first-order valence-electron chi connectivity index (χ1n) is 20.7. The van der Waals surface area contributed by atoms with Gasteiger partial charge in [-0.25, -0.2) is 9.59 Å². The van der Waals surface area contributed by atoms with Crippen molar-refractivity contribution in [2.24, 2.45) is 22.5 Å². The number of aliphatic hydroxyl groups is 3. The van der Waals surface area contributed by atoms with Gasteiger partial charge in [-0.2, -0.15) is 0 Å². The second kappa shape index (κ2) is 16.7. The predicted molar refractivity (Wildman–Crippen MR) is 221 cm³/mol. The molecule has 0 unspecified atom stereocenters. The molecular weight excluding hydrogens is 801 g/mol. The predicted octanol–water partition coefficient (Wildman–Crippen LogP) is 3.49. The fourth-order valence-corrected chi connectivity index (χ4v) is 10.5. The lowest BCUT2D eigenvalue weighted by atomic mass is 9.44. The fraction of sp³-hybridized carbons (Fsp3) is 0.468. The van der Waals surface area contributed by atoms with Crippen LogP contribution in [-0.4, -0.2) is 106 Å². The first kappa shape index (κ1) is 44.6. The number of rotatable bonds is 10. The number of ether oxygens (including phenoxy) is 5. The van der Waals surface area contributed by atoms with E-state index in [1.54, 1.807) is 107 Å². The van der Waals surface area contributed by atoms with Gasteiger partial charge in [0.25, 0.3) is 5.91 Å². The molecular formula is C47H54N2O13. The molecule has 1 amide bonds. The second-order valence-corrected chi connectivity index (χ2v) is 17.6. The van der Waals surface area contributed by atoms with E-state index in [-0.39, 0.29) is 35.3 Å². The van der Waals surface area contributed by atoms with Gasteiger partial charge < -0.3 is 50.1 Å². The summed E-state index contributed by atoms with van der Waals surface area (Å²) in [7, 11) is 0. The van der Waals surface area contributed by atoms with Crippen LogP contribution in [0.3, 0.4) is 0 Å². The van der Waals surface area contributed by atoms with E-state index in [0.29, 0.717) is 5.56 Å². The van der Waals surface area contributed by atoms with Crippen molar-refractivity contribution in [3.8, 4) is 0 Å². The van der Waals surface area contributed by atoms with Gasteiger partial charge in [-0.1, -0.05) is 87.5 Å². The standard InChI is InChI=1S/C47H54N2O13/c1-25-31(60-43(56)36(52)35(28-16-10-7-11-17-28)49-41(54)29-18-12-8-13-19-29)23-47(57)40(61-42(55)30-20-14-9-15-21-30)38-45(6,32(48)22-33-46(38,24-58-33)62-27(3)51)39(53)37(59-26(2)50)34(25)44(47,4)5/h7-21,31-33,35-40,52-53,57H,22-24,48H2,1-6H3,(H,49,54)/t31-,32-,33+,35-,36+,37+,38-,39-,40-,45+,46-,47+/m0/s1. The van der Waals surface area contributed by atoms with Crippen molar-refractivity contribution in [3.05, 3.63) is 119 Å². The van der Waals surface area contributed by atoms with Gasteiger partial charge in [-0.05, 0) is 54.3 Å². The lowest BCUT2D eigenvalue weighted by Crippen LogP contribution is -2.83. The van der Waals surface area contributed by atoms with Crippen molar-refractivity contribution in [1.29, 1.82) is 0 Å². The van der Waals surface area contributed by atoms with Crippen LogP contribution in [0, 0.1) is 16.7 Å². The summed E-state index contributed by atoms with van der Waals surface area (Å²) in [4.78, 5) is 68.2. The lowest BCUT2D eigenvalue weighted by molar-refractivity contribution is -0.351. The number of esters is 4. The van der Waals surface area contributed by atoms with E-state index in [1.807, 2.05) is 0 Å². The van der Waals surface area contributed by atoms with E-state index in [0.717, 1.165) is 6.92 Å². The summed E-state index contributed by atoms with van der Waals surface area (Å²) in [6.07, 6.45) is -9.61. The lowest BCUT2D eigenvalue weighted by Gasteiger charge is -2.69. The fourth-order valence-electron chi connectivity index (χ4n) is 10.5. The van der Waals surface area contributed by atoms with Crippen molar-refractivity contribution in [3.63, 3.8) is 0 Å². The van der Waals surface area contributed by atoms with Crippen molar-refractivity contribution >= 4 is 29.8 Å². The molecule has 6 N–H and O–H groups in total. The minimum absolute atomic E-state index is 0.0743. The minimum Gasteiger partial charge on any atom is -0.456 e. The normalized spacial score (nSPS) is 33.0. The highest BCUT2D eigenvalue weighted by Crippen LogP contribution is 2.65. The van der Waals surface area contributed by atoms with Crippen LogP contribution in [0.15, 0.2) is 102 Å². The van der Waals surface area contributed by atoms with E-state index in [2.05, 4.69) is 5.32 Å². The molecule has 2 saturated carbocycles. The third-order valence-electron chi connectivity index (χ3n) is 13.8. The molecule has 15 nitrogen and oxygen atoms in total. The van der Waals surface area contributed by atoms with E-state index in [4.69, 9.17) is 29.4 Å². The van der Waals surface area contributed by atoms with Crippen LogP contribution in [0.5, 0.6) is 0 Å². The number of carbonyl (C=O) groups is 5. The van der Waals surface area contributed by atoms with Gasteiger partial charge in [0.05, 0.1) is 24.1 Å². The first-order valence-corrected chi connectivity index (χ1v) is 20.7. The van der Waals surface area contributed by atoms with Crippen molar-refractivity contribution in [2.45, 2.75) is 114 Å². The Morgan fingerprint density at radius 1 is 0.839 bits per heavy atom. The average Bonchev–Trinajstić information content (AvgIpc) is 3.24. The maximum atomic E-state index is 14.4. The van der Waals surface area contributed by atoms with E-state index in [9.17, 15) is 39.3 Å². The van der Waals surface area contributed by atoms with Gasteiger partial charge in [-0.15, -0.1) is 0 Å². The molecule has 1 saturated heterocycles. The van der Waals surface area contributed by atoms with Crippen LogP contribution in [0.1, 0.15) is 86.7 Å². The van der Waals surface area contributed by atoms with Crippen molar-refractivity contribution < 1.29 is 63.0 Å². The first-order chi connectivity index (χ1) is 29.3. The maximum Gasteiger partial charge on any atom is 0.338 e. The molecule has 3 fully saturated rings. The number of hydrogen-bond donors (Lipinski definition) is 5. The van der Waals surface area contributed by atoms with Crippen LogP contribution in [-0.2, 0) is 38.1 Å². The summed E-state index contributed by atoms with van der Waals surface area (Å²) >= 11 is 0. The number of nitrogens with two attached hydrogens (primary N) is 1. The Morgan fingerprint density at radius 3 is 1.97 bits per heavy atom. The second-order valence-electron chi connectivity index (χ2n) is 17.6. The molecule has 7 rings (SSSR count). The zero-order valence-electron chi connectivity index (χ0n) is 35.5. The number of aliphatic hydroxyl groups excluding tert-OH is 2. The van der Waals surface area contributed by atoms with Crippen LogP contribution in [0.25, 0.3) is 0 Å². The van der Waals surface area contributed by atoms with Gasteiger partial charge >= 0.3 is 23.9 Å². The Bertz CT molecular complexity index is 2240. The number of hydrogen-bond acceptors (Lipinski definition) is 14. The third-order valence-corrected chi connectivity index (χ3v) is 13.8. The monoisotopic (exact) mass is 854 g/mol. The van der Waals surface area contributed by atoms with Crippen molar-refractivity contribution in [2.75, 3.05) is 6.61 Å². The molecule has 12 atom stereocenters. The van der Waals surface area contributed by atoms with E-state index in [1.165, 1.54) is 19.1 Å². The Hall–Kier alpha value is -5.45. The number of carbonyl (C=O) groups excluding carboxylic acids is 5. The Labute approximate surface area is 359 Å². The molecule has 4 aliphatic rings. The van der Waals surface area contributed by atoms with E-state index < -0.39 is 113 Å². The number of fused-ring (bicyclic) bond motifs is 5. The summed E-state index contributed by atoms with van der Waals surface area (Å²) in [5.74, 6) is -5.46. The summed E-state index contributed by atoms with van der Waals surface area (Å²) in [6, 6.07) is 22.3. The van der Waals surface area contributed by atoms with Crippen LogP contribution in [0.4, 0.5) is 0 Å². The average molecular weight is 855 g/mol. The van der Waals surface area contributed by atoms with Crippen LogP contribution >= 0.6 is 0 Å². The quantitative estimate of drug-likeness (QED) is 0.112. The highest BCUT2D eigenvalue weighted by Gasteiger charge is 2.77. The Kier molecular flexibility index (Phi) is 12.0. The molecule has 2 bridgehead atoms. The number of amides is 1. The highest BCUT2D eigenvalue weighted by molar-refractivity contribution is 5.95. The summed E-state index contributed by atoms with van der Waals surface area (Å²) in [5, 5.41) is 41.2. The molecule has 330 valence electrons. The van der Waals surface area contributed by atoms with Gasteiger partial charge in [0.2, 0.25) is 0 Å². The molecule has 15 heteroatoms. The minimum atomic E-state index is -2.29. The molecule has 3 aromatic rings. The molecule has 1 aliphatic heterocycles. The zero-order valence-corrected chi connectivity index (χ0v) is 35.5. The molecule has 0 radical (unpaired) electrons. The molecule has 3 aromatic carbocycles. The van der Waals surface area contributed by atoms with Crippen LogP contribution < -0.4 is 11.1 Å². The molecule has 0 spiro atoms. The van der Waals surface area contributed by atoms with Gasteiger partial charge in [0.15, 0.2) is 17.8 Å². The number of benzene rings is 3. The Balaban J connectivity index is 1.38. The summed E-state index contributed by atoms with van der Waals surface area (Å²) in [6.45, 7) is 8.64. The zero-order chi connectivity index (χ0) is 44.9. The largest absolute Gasteiger partial charge is 0.456 e. The highest BCUT2D eigenvalue weighted by atomic mass is 16.6. The Morgan fingerprint density at radius 2 is 1.42 bits per heavy atom. The van der Waals surface area contributed by atoms with Crippen molar-refractivity contribution in [1.82, 2.24) is 5.32 Å². The summed E-state index contributed by atoms with van der Waals surface area (Å²) < 4.78 is 30.8. The van der Waals surface area contributed by atoms with Gasteiger partial charge in [0, 0.05) is 42.7 Å². The smallest absolute Gasteiger partial charge is 0.338 e. The third kappa shape index (κ3) is 7.38. The van der Waals surface area contributed by atoms with Crippen LogP contribution in [0.2, 0.25) is 0 Å². The maximum absolute atomic E-state index is 14.4. The van der Waals surface area contributed by atoms with E-state index >= 15 is 0 Å². The topological polar surface area (TPSA) is 230 Å². The molecule has 0 aromatic heterocycles.